The SMILES string of the molecule is C=C(C)C(=O)OC(O)=C=CO. The molecule has 0 saturated heterocycles. The van der Waals surface area contributed by atoms with Gasteiger partial charge in [0.05, 0.1) is 0 Å². The Morgan fingerprint density at radius 3 is 2.64 bits per heavy atom. The topological polar surface area (TPSA) is 66.8 Å². The van der Waals surface area contributed by atoms with Gasteiger partial charge in [-0.25, -0.2) is 4.79 Å². The van der Waals surface area contributed by atoms with Crippen molar-refractivity contribution in [3.05, 3.63) is 30.1 Å². The van der Waals surface area contributed by atoms with Crippen molar-refractivity contribution in [1.29, 1.82) is 0 Å². The molecule has 0 amide bonds. The Morgan fingerprint density at radius 2 is 2.27 bits per heavy atom. The van der Waals surface area contributed by atoms with Gasteiger partial charge in [-0.1, -0.05) is 6.58 Å². The van der Waals surface area contributed by atoms with Crippen molar-refractivity contribution < 1.29 is 19.7 Å². The molecule has 0 aliphatic rings. The van der Waals surface area contributed by atoms with Gasteiger partial charge in [-0.2, -0.15) is 0 Å². The lowest BCUT2D eigenvalue weighted by molar-refractivity contribution is -0.138. The maximum Gasteiger partial charge on any atom is 0.341 e. The molecular formula is C7H8O4. The van der Waals surface area contributed by atoms with E-state index in [2.05, 4.69) is 11.3 Å². The van der Waals surface area contributed by atoms with Gasteiger partial charge in [0.1, 0.15) is 6.26 Å². The molecule has 0 aromatic carbocycles. The molecule has 0 spiro atoms. The van der Waals surface area contributed by atoms with Gasteiger partial charge in [0, 0.05) is 11.3 Å². The Bertz CT molecular complexity index is 233. The molecule has 11 heavy (non-hydrogen) atoms. The summed E-state index contributed by atoms with van der Waals surface area (Å²) in [6.07, 6.45) is 0.432. The molecule has 0 aliphatic carbocycles. The Labute approximate surface area is 63.7 Å². The van der Waals surface area contributed by atoms with Crippen LogP contribution in [0.1, 0.15) is 6.92 Å². The number of aliphatic hydroxyl groups excluding tert-OH is 2. The Hall–Kier alpha value is -1.67. The molecular weight excluding hydrogens is 148 g/mol. The minimum atomic E-state index is -0.791. The van der Waals surface area contributed by atoms with Crippen LogP contribution >= 0.6 is 0 Å². The number of aliphatic hydroxyl groups is 2. The average Bonchev–Trinajstić information content (AvgIpc) is 1.87. The van der Waals surface area contributed by atoms with Gasteiger partial charge in [0.15, 0.2) is 0 Å². The summed E-state index contributed by atoms with van der Waals surface area (Å²) in [6.45, 7) is 4.70. The fourth-order valence-electron chi connectivity index (χ4n) is 0.260. The molecule has 0 radical (unpaired) electrons. The molecule has 0 atom stereocenters. The second-order valence-corrected chi connectivity index (χ2v) is 1.75. The van der Waals surface area contributed by atoms with Crippen molar-refractivity contribution in [1.82, 2.24) is 0 Å². The van der Waals surface area contributed by atoms with E-state index in [1.165, 1.54) is 6.92 Å². The van der Waals surface area contributed by atoms with Crippen LogP contribution < -0.4 is 0 Å². The highest BCUT2D eigenvalue weighted by Crippen LogP contribution is 1.96. The molecule has 0 fully saturated rings. The Balaban J connectivity index is 4.18. The molecule has 0 aromatic rings. The second kappa shape index (κ2) is 4.19. The van der Waals surface area contributed by atoms with E-state index < -0.39 is 11.9 Å². The summed E-state index contributed by atoms with van der Waals surface area (Å²) in [5.41, 5.74) is 2.00. The van der Waals surface area contributed by atoms with Crippen molar-refractivity contribution in [2.75, 3.05) is 0 Å². The van der Waals surface area contributed by atoms with Crippen LogP contribution in [-0.4, -0.2) is 16.2 Å². The Morgan fingerprint density at radius 1 is 1.73 bits per heavy atom. The van der Waals surface area contributed by atoms with Gasteiger partial charge >= 0.3 is 11.9 Å². The number of hydrogen-bond donors (Lipinski definition) is 2. The van der Waals surface area contributed by atoms with Crippen LogP contribution in [-0.2, 0) is 9.53 Å². The summed E-state index contributed by atoms with van der Waals surface area (Å²) in [6, 6.07) is 0. The number of ether oxygens (including phenoxy) is 1. The standard InChI is InChI=1S/C7H8O4/c1-5(2)7(10)11-6(9)3-4-8/h4,8-9H,1H2,2H3. The molecule has 0 aromatic heterocycles. The third kappa shape index (κ3) is 3.83. The van der Waals surface area contributed by atoms with E-state index in [1.54, 1.807) is 0 Å². The first-order valence-corrected chi connectivity index (χ1v) is 2.74. The second-order valence-electron chi connectivity index (χ2n) is 1.75. The molecule has 0 bridgehead atoms. The fourth-order valence-corrected chi connectivity index (χ4v) is 0.260. The fraction of sp³-hybridized carbons (Fsp3) is 0.143. The van der Waals surface area contributed by atoms with Crippen LogP contribution in [0.3, 0.4) is 0 Å². The summed E-state index contributed by atoms with van der Waals surface area (Å²) in [4.78, 5) is 10.6. The minimum absolute atomic E-state index is 0.149. The summed E-state index contributed by atoms with van der Waals surface area (Å²) < 4.78 is 4.18. The molecule has 0 saturated carbocycles. The molecule has 0 rings (SSSR count). The first-order valence-electron chi connectivity index (χ1n) is 2.74. The number of carbonyl (C=O) groups is 1. The highest BCUT2D eigenvalue weighted by atomic mass is 16.6. The third-order valence-electron chi connectivity index (χ3n) is 0.726. The largest absolute Gasteiger partial charge is 0.507 e. The summed E-state index contributed by atoms with van der Waals surface area (Å²) in [5.74, 6) is -1.56. The molecule has 0 aliphatic heterocycles. The van der Waals surface area contributed by atoms with Crippen LogP contribution in [0.25, 0.3) is 0 Å². The van der Waals surface area contributed by atoms with Gasteiger partial charge in [-0.3, -0.25) is 0 Å². The predicted octanol–water partition coefficient (Wildman–Crippen LogP) is 1.18. The van der Waals surface area contributed by atoms with Gasteiger partial charge < -0.3 is 14.9 Å². The maximum absolute atomic E-state index is 10.6. The van der Waals surface area contributed by atoms with Crippen LogP contribution in [0.2, 0.25) is 0 Å². The van der Waals surface area contributed by atoms with E-state index in [0.717, 1.165) is 0 Å². The normalized spacial score (nSPS) is 7.73. The van der Waals surface area contributed by atoms with Gasteiger partial charge in [-0.15, -0.1) is 0 Å². The molecule has 4 nitrogen and oxygen atoms in total. The lowest BCUT2D eigenvalue weighted by Crippen LogP contribution is -2.03. The van der Waals surface area contributed by atoms with E-state index in [0.29, 0.717) is 6.26 Å². The summed E-state index contributed by atoms with van der Waals surface area (Å²) in [5, 5.41) is 16.7. The van der Waals surface area contributed by atoms with Gasteiger partial charge in [0.2, 0.25) is 0 Å². The smallest absolute Gasteiger partial charge is 0.341 e. The zero-order valence-corrected chi connectivity index (χ0v) is 6.00. The van der Waals surface area contributed by atoms with E-state index in [1.807, 2.05) is 5.73 Å². The zero-order chi connectivity index (χ0) is 8.85. The van der Waals surface area contributed by atoms with Crippen molar-refractivity contribution >= 4 is 5.97 Å². The van der Waals surface area contributed by atoms with Crippen molar-refractivity contribution in [3.63, 3.8) is 0 Å². The molecule has 2 N–H and O–H groups in total. The van der Waals surface area contributed by atoms with Crippen molar-refractivity contribution in [2.24, 2.45) is 0 Å². The number of carbonyl (C=O) groups excluding carboxylic acids is 1. The van der Waals surface area contributed by atoms with E-state index in [-0.39, 0.29) is 5.57 Å². The number of hydrogen-bond acceptors (Lipinski definition) is 4. The van der Waals surface area contributed by atoms with E-state index in [9.17, 15) is 4.79 Å². The van der Waals surface area contributed by atoms with E-state index in [4.69, 9.17) is 10.2 Å². The zero-order valence-electron chi connectivity index (χ0n) is 6.00. The van der Waals surface area contributed by atoms with Crippen molar-refractivity contribution in [3.8, 4) is 0 Å². The third-order valence-corrected chi connectivity index (χ3v) is 0.726. The summed E-state index contributed by atoms with van der Waals surface area (Å²) in [7, 11) is 0. The monoisotopic (exact) mass is 156 g/mol. The molecule has 4 heteroatoms. The van der Waals surface area contributed by atoms with Crippen LogP contribution in [0.15, 0.2) is 30.1 Å². The molecule has 60 valence electrons. The lowest BCUT2D eigenvalue weighted by atomic mass is 10.4. The summed E-state index contributed by atoms with van der Waals surface area (Å²) >= 11 is 0. The van der Waals surface area contributed by atoms with Gasteiger partial charge in [-0.05, 0) is 6.92 Å². The van der Waals surface area contributed by atoms with Crippen molar-refractivity contribution in [2.45, 2.75) is 6.92 Å². The minimum Gasteiger partial charge on any atom is -0.507 e. The van der Waals surface area contributed by atoms with Gasteiger partial charge in [0.25, 0.3) is 0 Å². The lowest BCUT2D eigenvalue weighted by Gasteiger charge is -1.97. The molecule has 0 unspecified atom stereocenters. The predicted molar refractivity (Wildman–Crippen MR) is 37.8 cm³/mol. The number of esters is 1. The van der Waals surface area contributed by atoms with Crippen LogP contribution in [0, 0.1) is 0 Å². The average molecular weight is 156 g/mol. The molecule has 0 heterocycles. The first kappa shape index (κ1) is 9.33. The highest BCUT2D eigenvalue weighted by molar-refractivity contribution is 5.87. The van der Waals surface area contributed by atoms with Crippen LogP contribution in [0.5, 0.6) is 0 Å². The Kier molecular flexibility index (Phi) is 3.56. The first-order chi connectivity index (χ1) is 5.07. The number of rotatable bonds is 2. The van der Waals surface area contributed by atoms with E-state index >= 15 is 0 Å². The van der Waals surface area contributed by atoms with Crippen LogP contribution in [0.4, 0.5) is 0 Å². The highest BCUT2D eigenvalue weighted by Gasteiger charge is 2.04. The maximum atomic E-state index is 10.6. The quantitative estimate of drug-likeness (QED) is 0.272.